The molecule has 0 bridgehead atoms. The molecule has 1 fully saturated rings. The zero-order chi connectivity index (χ0) is 20.6. The van der Waals surface area contributed by atoms with Crippen LogP contribution in [0.2, 0.25) is 0 Å². The number of aromatic nitrogens is 2. The Hall–Kier alpha value is -2.72. The molecule has 0 spiro atoms. The maximum absolute atomic E-state index is 13.6. The van der Waals surface area contributed by atoms with Crippen molar-refractivity contribution in [1.29, 1.82) is 5.26 Å². The maximum Gasteiger partial charge on any atom is 0.229 e. The number of hydrogen-bond acceptors (Lipinski definition) is 6. The first-order chi connectivity index (χ1) is 14.1. The third-order valence-corrected chi connectivity index (χ3v) is 5.04. The number of hydrogen-bond donors (Lipinski definition) is 2. The Morgan fingerprint density at radius 1 is 1.24 bits per heavy atom. The summed E-state index contributed by atoms with van der Waals surface area (Å²) in [6, 6.07) is 8.77. The molecule has 0 unspecified atom stereocenters. The van der Waals surface area contributed by atoms with Gasteiger partial charge in [-0.05, 0) is 50.4 Å². The second-order valence-corrected chi connectivity index (χ2v) is 7.46. The van der Waals surface area contributed by atoms with Gasteiger partial charge in [0.15, 0.2) is 0 Å². The molecular weight excluding hydrogens is 367 g/mol. The van der Waals surface area contributed by atoms with Gasteiger partial charge in [0.25, 0.3) is 0 Å². The van der Waals surface area contributed by atoms with Crippen LogP contribution in [0.5, 0.6) is 0 Å². The lowest BCUT2D eigenvalue weighted by atomic mass is 10.1. The minimum absolute atomic E-state index is 0.000747. The van der Waals surface area contributed by atoms with E-state index < -0.39 is 5.82 Å². The molecule has 2 aromatic rings. The van der Waals surface area contributed by atoms with Crippen molar-refractivity contribution in [3.05, 3.63) is 41.3 Å². The second kappa shape index (κ2) is 10.2. The van der Waals surface area contributed by atoms with Crippen molar-refractivity contribution in [3.8, 4) is 6.07 Å². The van der Waals surface area contributed by atoms with Gasteiger partial charge in [0, 0.05) is 36.6 Å². The van der Waals surface area contributed by atoms with Crippen molar-refractivity contribution in [2.24, 2.45) is 0 Å². The number of aryl methyl sites for hydroxylation is 1. The van der Waals surface area contributed by atoms with Gasteiger partial charge < -0.3 is 15.5 Å². The highest BCUT2D eigenvalue weighted by atomic mass is 19.1. The van der Waals surface area contributed by atoms with Crippen LogP contribution in [-0.4, -0.2) is 35.6 Å². The summed E-state index contributed by atoms with van der Waals surface area (Å²) in [7, 11) is 0. The zero-order valence-electron chi connectivity index (χ0n) is 17.2. The molecule has 1 saturated heterocycles. The van der Waals surface area contributed by atoms with E-state index in [9.17, 15) is 4.39 Å². The Morgan fingerprint density at radius 2 is 2.10 bits per heavy atom. The standard InChI is InChI=1S/C22H29FN6/c1-3-6-17-13-21(29-11-5-7-19(15-29)25-10-4-2)28-22(26-17)27-18-8-9-20(23)16(12-18)14-24/h8-9,12-13,19,25H,3-7,10-11,15H2,1-2H3,(H,26,27,28)/t19-/m1/s1. The largest absolute Gasteiger partial charge is 0.355 e. The third kappa shape index (κ3) is 5.64. The molecule has 0 radical (unpaired) electrons. The summed E-state index contributed by atoms with van der Waals surface area (Å²) in [5, 5.41) is 15.8. The fraction of sp³-hybridized carbons (Fsp3) is 0.500. The number of piperidine rings is 1. The number of anilines is 3. The number of halogens is 1. The second-order valence-electron chi connectivity index (χ2n) is 7.46. The fourth-order valence-electron chi connectivity index (χ4n) is 3.60. The van der Waals surface area contributed by atoms with Crippen LogP contribution in [0.25, 0.3) is 0 Å². The van der Waals surface area contributed by atoms with Gasteiger partial charge >= 0.3 is 0 Å². The number of rotatable bonds is 8. The normalized spacial score (nSPS) is 16.5. The molecule has 2 heterocycles. The molecule has 0 amide bonds. The molecule has 29 heavy (non-hydrogen) atoms. The van der Waals surface area contributed by atoms with E-state index >= 15 is 0 Å². The average Bonchev–Trinajstić information content (AvgIpc) is 2.74. The lowest BCUT2D eigenvalue weighted by Gasteiger charge is -2.34. The first-order valence-corrected chi connectivity index (χ1v) is 10.5. The Balaban J connectivity index is 1.83. The van der Waals surface area contributed by atoms with Gasteiger partial charge in [0.05, 0.1) is 5.56 Å². The average molecular weight is 397 g/mol. The van der Waals surface area contributed by atoms with Gasteiger partial charge in [-0.15, -0.1) is 0 Å². The quantitative estimate of drug-likeness (QED) is 0.698. The summed E-state index contributed by atoms with van der Waals surface area (Å²) < 4.78 is 13.6. The van der Waals surface area contributed by atoms with E-state index in [1.165, 1.54) is 18.6 Å². The van der Waals surface area contributed by atoms with Crippen LogP contribution in [-0.2, 0) is 6.42 Å². The van der Waals surface area contributed by atoms with E-state index in [1.54, 1.807) is 6.07 Å². The van der Waals surface area contributed by atoms with E-state index in [4.69, 9.17) is 10.2 Å². The van der Waals surface area contributed by atoms with E-state index in [1.807, 2.05) is 6.07 Å². The maximum atomic E-state index is 13.6. The highest BCUT2D eigenvalue weighted by Crippen LogP contribution is 2.23. The third-order valence-electron chi connectivity index (χ3n) is 5.04. The van der Waals surface area contributed by atoms with Crippen LogP contribution in [0.3, 0.4) is 0 Å². The van der Waals surface area contributed by atoms with Crippen LogP contribution >= 0.6 is 0 Å². The topological polar surface area (TPSA) is 76.9 Å². The molecule has 7 heteroatoms. The highest BCUT2D eigenvalue weighted by Gasteiger charge is 2.21. The summed E-state index contributed by atoms with van der Waals surface area (Å²) >= 11 is 0. The van der Waals surface area contributed by atoms with Crippen LogP contribution in [0, 0.1) is 17.1 Å². The Labute approximate surface area is 172 Å². The van der Waals surface area contributed by atoms with Crippen molar-refractivity contribution < 1.29 is 4.39 Å². The summed E-state index contributed by atoms with van der Waals surface area (Å²) in [5.74, 6) is 0.861. The summed E-state index contributed by atoms with van der Waals surface area (Å²) in [5.41, 5.74) is 1.58. The van der Waals surface area contributed by atoms with Crippen molar-refractivity contribution in [2.75, 3.05) is 29.9 Å². The molecule has 0 saturated carbocycles. The van der Waals surface area contributed by atoms with Crippen molar-refractivity contribution in [3.63, 3.8) is 0 Å². The van der Waals surface area contributed by atoms with Gasteiger partial charge in [-0.1, -0.05) is 20.3 Å². The van der Waals surface area contributed by atoms with Crippen LogP contribution in [0.4, 0.5) is 21.8 Å². The Kier molecular flexibility index (Phi) is 7.36. The lowest BCUT2D eigenvalue weighted by molar-refractivity contribution is 0.421. The predicted molar refractivity (Wildman–Crippen MR) is 114 cm³/mol. The number of nitrogens with zero attached hydrogens (tertiary/aromatic N) is 4. The molecule has 1 aliphatic heterocycles. The lowest BCUT2D eigenvalue weighted by Crippen LogP contribution is -2.46. The molecule has 1 atom stereocenters. The molecule has 1 aromatic heterocycles. The van der Waals surface area contributed by atoms with Crippen LogP contribution in [0.15, 0.2) is 24.3 Å². The van der Waals surface area contributed by atoms with Crippen molar-refractivity contribution in [2.45, 2.75) is 52.0 Å². The van der Waals surface area contributed by atoms with Gasteiger partial charge in [-0.2, -0.15) is 10.2 Å². The minimum atomic E-state index is -0.529. The van der Waals surface area contributed by atoms with Crippen molar-refractivity contribution >= 4 is 17.5 Å². The van der Waals surface area contributed by atoms with E-state index in [0.717, 1.165) is 56.8 Å². The summed E-state index contributed by atoms with van der Waals surface area (Å²) in [4.78, 5) is 11.7. The van der Waals surface area contributed by atoms with Crippen LogP contribution < -0.4 is 15.5 Å². The SMILES string of the molecule is CCCN[C@@H]1CCCN(c2cc(CCC)nc(Nc3ccc(F)c(C#N)c3)n2)C1. The smallest absolute Gasteiger partial charge is 0.229 e. The molecule has 3 rings (SSSR count). The van der Waals surface area contributed by atoms with Crippen LogP contribution in [0.1, 0.15) is 50.8 Å². The van der Waals surface area contributed by atoms with E-state index in [2.05, 4.69) is 40.4 Å². The number of nitrogens with one attached hydrogen (secondary N) is 2. The summed E-state index contributed by atoms with van der Waals surface area (Å²) in [6.45, 7) is 7.24. The molecule has 0 aliphatic carbocycles. The molecule has 6 nitrogen and oxygen atoms in total. The zero-order valence-corrected chi connectivity index (χ0v) is 17.2. The van der Waals surface area contributed by atoms with E-state index in [-0.39, 0.29) is 5.56 Å². The van der Waals surface area contributed by atoms with Gasteiger partial charge in [0.2, 0.25) is 5.95 Å². The molecule has 2 N–H and O–H groups in total. The number of benzene rings is 1. The van der Waals surface area contributed by atoms with Gasteiger partial charge in [0.1, 0.15) is 17.7 Å². The van der Waals surface area contributed by atoms with Crippen molar-refractivity contribution in [1.82, 2.24) is 15.3 Å². The fourth-order valence-corrected chi connectivity index (χ4v) is 3.60. The highest BCUT2D eigenvalue weighted by molar-refractivity contribution is 5.58. The molecule has 154 valence electrons. The minimum Gasteiger partial charge on any atom is -0.355 e. The van der Waals surface area contributed by atoms with Gasteiger partial charge in [-0.3, -0.25) is 0 Å². The summed E-state index contributed by atoms with van der Waals surface area (Å²) in [6.07, 6.45) is 5.29. The Morgan fingerprint density at radius 3 is 2.86 bits per heavy atom. The van der Waals surface area contributed by atoms with Gasteiger partial charge in [-0.25, -0.2) is 9.37 Å². The molecule has 1 aliphatic rings. The predicted octanol–water partition coefficient (Wildman–Crippen LogP) is 4.15. The number of nitriles is 1. The monoisotopic (exact) mass is 396 g/mol. The van der Waals surface area contributed by atoms with E-state index in [0.29, 0.717) is 17.7 Å². The molecular formula is C22H29FN6. The Bertz CT molecular complexity index is 863. The molecule has 1 aromatic carbocycles. The first kappa shape index (κ1) is 21.0. The first-order valence-electron chi connectivity index (χ1n) is 10.5.